The minimum atomic E-state index is 0.236. The van der Waals surface area contributed by atoms with Crippen LogP contribution in [-0.2, 0) is 4.74 Å². The quantitative estimate of drug-likeness (QED) is 0.763. The lowest BCUT2D eigenvalue weighted by Gasteiger charge is -2.31. The number of ketones is 1. The highest BCUT2D eigenvalue weighted by Gasteiger charge is 2.19. The van der Waals surface area contributed by atoms with Gasteiger partial charge in [0.1, 0.15) is 0 Å². The largest absolute Gasteiger partial charge is 0.380 e. The van der Waals surface area contributed by atoms with Crippen molar-refractivity contribution < 1.29 is 9.53 Å². The number of ether oxygens (including phenoxy) is 1. The fraction of sp³-hybridized carbons (Fsp3) is 0.562. The molecule has 1 aliphatic rings. The van der Waals surface area contributed by atoms with Crippen molar-refractivity contribution in [3.05, 3.63) is 35.4 Å². The van der Waals surface area contributed by atoms with E-state index < -0.39 is 0 Å². The van der Waals surface area contributed by atoms with E-state index in [1.165, 1.54) is 5.56 Å². The van der Waals surface area contributed by atoms with Gasteiger partial charge in [-0.3, -0.25) is 4.79 Å². The van der Waals surface area contributed by atoms with Gasteiger partial charge in [0.15, 0.2) is 5.78 Å². The van der Waals surface area contributed by atoms with Crippen LogP contribution in [0.25, 0.3) is 0 Å². The Labute approximate surface area is 115 Å². The van der Waals surface area contributed by atoms with Crippen LogP contribution < -0.4 is 0 Å². The van der Waals surface area contributed by atoms with Gasteiger partial charge >= 0.3 is 0 Å². The molecule has 1 heterocycles. The van der Waals surface area contributed by atoms with Crippen LogP contribution in [-0.4, -0.2) is 43.5 Å². The summed E-state index contributed by atoms with van der Waals surface area (Å²) in [4.78, 5) is 14.4. The minimum Gasteiger partial charge on any atom is -0.380 e. The number of piperidine rings is 1. The Hall–Kier alpha value is -1.19. The van der Waals surface area contributed by atoms with Crippen LogP contribution in [0.4, 0.5) is 0 Å². The van der Waals surface area contributed by atoms with Crippen LogP contribution in [0.5, 0.6) is 0 Å². The van der Waals surface area contributed by atoms with Gasteiger partial charge in [-0.1, -0.05) is 29.8 Å². The molecule has 3 heteroatoms. The zero-order valence-corrected chi connectivity index (χ0v) is 11.9. The van der Waals surface area contributed by atoms with E-state index in [0.29, 0.717) is 12.5 Å². The maximum atomic E-state index is 12.1. The van der Waals surface area contributed by atoms with Gasteiger partial charge in [-0.05, 0) is 26.3 Å². The highest BCUT2D eigenvalue weighted by Crippen LogP contribution is 2.13. The van der Waals surface area contributed by atoms with Crippen molar-refractivity contribution in [3.63, 3.8) is 0 Å². The summed E-state index contributed by atoms with van der Waals surface area (Å²) in [7, 11) is 1.77. The summed E-state index contributed by atoms with van der Waals surface area (Å²) in [6.07, 6.45) is 3.23. The first kappa shape index (κ1) is 14.2. The van der Waals surface area contributed by atoms with E-state index in [2.05, 4.69) is 4.90 Å². The molecule has 1 unspecified atom stereocenters. The normalized spacial score (nSPS) is 20.4. The molecule has 2 rings (SSSR count). The second kappa shape index (κ2) is 6.83. The van der Waals surface area contributed by atoms with Gasteiger partial charge in [-0.15, -0.1) is 0 Å². The van der Waals surface area contributed by atoms with Crippen molar-refractivity contribution in [1.29, 1.82) is 0 Å². The fourth-order valence-corrected chi connectivity index (χ4v) is 2.55. The molecule has 1 aliphatic heterocycles. The molecular formula is C16H23NO2. The molecule has 0 N–H and O–H groups in total. The number of hydrogen-bond donors (Lipinski definition) is 0. The van der Waals surface area contributed by atoms with Gasteiger partial charge in [0, 0.05) is 32.2 Å². The Balaban J connectivity index is 1.81. The average molecular weight is 261 g/mol. The summed E-state index contributed by atoms with van der Waals surface area (Å²) in [5.41, 5.74) is 2.02. The average Bonchev–Trinajstić information content (AvgIpc) is 2.46. The molecule has 1 atom stereocenters. The number of carbonyl (C=O) groups excluding carboxylic acids is 1. The fourth-order valence-electron chi connectivity index (χ4n) is 2.55. The molecule has 104 valence electrons. The van der Waals surface area contributed by atoms with Crippen molar-refractivity contribution in [2.75, 3.05) is 26.7 Å². The van der Waals surface area contributed by atoms with E-state index in [-0.39, 0.29) is 5.78 Å². The SMILES string of the molecule is COC1CCCN(CCC(=O)c2ccc(C)cc2)C1. The second-order valence-corrected chi connectivity index (χ2v) is 5.34. The third kappa shape index (κ3) is 4.15. The van der Waals surface area contributed by atoms with Gasteiger partial charge in [-0.25, -0.2) is 0 Å². The predicted octanol–water partition coefficient (Wildman–Crippen LogP) is 2.68. The molecule has 1 aromatic rings. The first-order valence-electron chi connectivity index (χ1n) is 7.04. The molecule has 0 bridgehead atoms. The number of nitrogens with zero attached hydrogens (tertiary/aromatic N) is 1. The number of likely N-dealkylation sites (tertiary alicyclic amines) is 1. The third-order valence-electron chi connectivity index (χ3n) is 3.82. The lowest BCUT2D eigenvalue weighted by atomic mass is 10.0. The van der Waals surface area contributed by atoms with Crippen molar-refractivity contribution in [3.8, 4) is 0 Å². The summed E-state index contributed by atoms with van der Waals surface area (Å²) in [5, 5.41) is 0. The van der Waals surface area contributed by atoms with Gasteiger partial charge in [0.2, 0.25) is 0 Å². The first-order chi connectivity index (χ1) is 9.19. The molecule has 1 aromatic carbocycles. The molecule has 0 spiro atoms. The zero-order chi connectivity index (χ0) is 13.7. The van der Waals surface area contributed by atoms with Crippen molar-refractivity contribution >= 4 is 5.78 Å². The van der Waals surface area contributed by atoms with Crippen LogP contribution in [0.15, 0.2) is 24.3 Å². The summed E-state index contributed by atoms with van der Waals surface area (Å²) >= 11 is 0. The van der Waals surface area contributed by atoms with Crippen LogP contribution in [0.2, 0.25) is 0 Å². The smallest absolute Gasteiger partial charge is 0.164 e. The molecule has 0 saturated carbocycles. The predicted molar refractivity (Wildman–Crippen MR) is 76.6 cm³/mol. The molecule has 0 aliphatic carbocycles. The molecule has 0 radical (unpaired) electrons. The number of benzene rings is 1. The van der Waals surface area contributed by atoms with Crippen molar-refractivity contribution in [2.45, 2.75) is 32.3 Å². The van der Waals surface area contributed by atoms with Crippen molar-refractivity contribution in [2.24, 2.45) is 0 Å². The van der Waals surface area contributed by atoms with Crippen LogP contribution in [0.1, 0.15) is 35.2 Å². The van der Waals surface area contributed by atoms with Crippen LogP contribution in [0.3, 0.4) is 0 Å². The number of carbonyl (C=O) groups is 1. The van der Waals surface area contributed by atoms with Gasteiger partial charge in [0.25, 0.3) is 0 Å². The highest BCUT2D eigenvalue weighted by molar-refractivity contribution is 5.96. The standard InChI is InChI=1S/C16H23NO2/c1-13-5-7-14(8-6-13)16(18)9-11-17-10-3-4-15(12-17)19-2/h5-8,15H,3-4,9-12H2,1-2H3. The van der Waals surface area contributed by atoms with Gasteiger partial charge in [0.05, 0.1) is 6.10 Å². The molecule has 0 amide bonds. The third-order valence-corrected chi connectivity index (χ3v) is 3.82. The lowest BCUT2D eigenvalue weighted by Crippen LogP contribution is -2.40. The Morgan fingerprint density at radius 1 is 1.37 bits per heavy atom. The topological polar surface area (TPSA) is 29.5 Å². The summed E-state index contributed by atoms with van der Waals surface area (Å²) in [6.45, 7) is 4.91. The molecule has 1 fully saturated rings. The Morgan fingerprint density at radius 2 is 2.11 bits per heavy atom. The Kier molecular flexibility index (Phi) is 5.11. The molecule has 19 heavy (non-hydrogen) atoms. The number of Topliss-reactive ketones (excluding diaryl/α,β-unsaturated/α-hetero) is 1. The molecule has 0 aromatic heterocycles. The van der Waals surface area contributed by atoms with Crippen molar-refractivity contribution in [1.82, 2.24) is 4.90 Å². The minimum absolute atomic E-state index is 0.236. The van der Waals surface area contributed by atoms with E-state index >= 15 is 0 Å². The Morgan fingerprint density at radius 3 is 2.79 bits per heavy atom. The second-order valence-electron chi connectivity index (χ2n) is 5.34. The molecular weight excluding hydrogens is 238 g/mol. The maximum absolute atomic E-state index is 12.1. The zero-order valence-electron chi connectivity index (χ0n) is 11.9. The number of rotatable bonds is 5. The molecule has 1 saturated heterocycles. The lowest BCUT2D eigenvalue weighted by molar-refractivity contribution is 0.0309. The number of hydrogen-bond acceptors (Lipinski definition) is 3. The van der Waals surface area contributed by atoms with E-state index in [9.17, 15) is 4.79 Å². The number of aryl methyl sites for hydroxylation is 1. The number of methoxy groups -OCH3 is 1. The van der Waals surface area contributed by atoms with E-state index in [4.69, 9.17) is 4.74 Å². The summed E-state index contributed by atoms with van der Waals surface area (Å²) < 4.78 is 5.40. The van der Waals surface area contributed by atoms with E-state index in [1.807, 2.05) is 31.2 Å². The molecule has 3 nitrogen and oxygen atoms in total. The van der Waals surface area contributed by atoms with E-state index in [0.717, 1.165) is 38.0 Å². The van der Waals surface area contributed by atoms with Gasteiger partial charge in [-0.2, -0.15) is 0 Å². The summed E-state index contributed by atoms with van der Waals surface area (Å²) in [6, 6.07) is 7.84. The van der Waals surface area contributed by atoms with Crippen LogP contribution >= 0.6 is 0 Å². The maximum Gasteiger partial charge on any atom is 0.164 e. The monoisotopic (exact) mass is 261 g/mol. The van der Waals surface area contributed by atoms with Gasteiger partial charge < -0.3 is 9.64 Å². The Bertz CT molecular complexity index is 413. The van der Waals surface area contributed by atoms with Crippen LogP contribution in [0, 0.1) is 6.92 Å². The summed E-state index contributed by atoms with van der Waals surface area (Å²) in [5.74, 6) is 0.236. The van der Waals surface area contributed by atoms with E-state index in [1.54, 1.807) is 7.11 Å². The first-order valence-corrected chi connectivity index (χ1v) is 7.04. The highest BCUT2D eigenvalue weighted by atomic mass is 16.5.